The summed E-state index contributed by atoms with van der Waals surface area (Å²) in [6.45, 7) is 12.6. The Balaban J connectivity index is 2.42. The molecular weight excluding hydrogens is 588 g/mol. The zero-order chi connectivity index (χ0) is 25.9. The van der Waals surface area contributed by atoms with Crippen molar-refractivity contribution >= 4 is 60.6 Å². The van der Waals surface area contributed by atoms with Crippen LogP contribution >= 0.6 is 30.7 Å². The van der Waals surface area contributed by atoms with E-state index in [9.17, 15) is 8.42 Å². The van der Waals surface area contributed by atoms with Crippen molar-refractivity contribution in [2.45, 2.75) is 57.3 Å². The number of rotatable bonds is 3. The summed E-state index contributed by atoms with van der Waals surface area (Å²) >= 11 is 6.68. The van der Waals surface area contributed by atoms with Gasteiger partial charge in [-0.3, -0.25) is 0 Å². The van der Waals surface area contributed by atoms with Gasteiger partial charge in [-0.15, -0.1) is 0 Å². The fourth-order valence-corrected chi connectivity index (χ4v) is 7.23. The lowest BCUT2D eigenvalue weighted by atomic mass is 9.79. The average Bonchev–Trinajstić information content (AvgIpc) is 2.74. The molecule has 0 aliphatic rings. The van der Waals surface area contributed by atoms with Gasteiger partial charge in [0.1, 0.15) is 5.75 Å². The number of hydrogen-bond acceptors (Lipinski definition) is 3. The first-order valence-corrected chi connectivity index (χ1v) is 15.6. The van der Waals surface area contributed by atoms with Gasteiger partial charge in [0.15, 0.2) is 0 Å². The molecule has 0 radical (unpaired) electrons. The van der Waals surface area contributed by atoms with Crippen molar-refractivity contribution in [2.24, 2.45) is 0 Å². The summed E-state index contributed by atoms with van der Waals surface area (Å²) < 4.78 is 34.0. The number of halogens is 2. The molecule has 0 N–H and O–H groups in total. The Morgan fingerprint density at radius 3 is 1.89 bits per heavy atom. The van der Waals surface area contributed by atoms with Gasteiger partial charge in [0.05, 0.1) is 26.8 Å². The summed E-state index contributed by atoms with van der Waals surface area (Å²) in [7, 11) is -2.13. The van der Waals surface area contributed by atoms with Crippen LogP contribution in [0.2, 0.25) is 0 Å². The quantitative estimate of drug-likeness (QED) is 0.215. The zero-order valence-corrected chi connectivity index (χ0v) is 25.1. The molecule has 0 spiro atoms. The summed E-state index contributed by atoms with van der Waals surface area (Å²) in [6, 6.07) is 18.2. The van der Waals surface area contributed by atoms with Crippen LogP contribution in [-0.4, -0.2) is 15.5 Å². The van der Waals surface area contributed by atoms with Gasteiger partial charge in [0.2, 0.25) is 8.27 Å². The van der Waals surface area contributed by atoms with Gasteiger partial charge < -0.3 is 4.74 Å². The second-order valence-corrected chi connectivity index (χ2v) is 15.7. The van der Waals surface area contributed by atoms with Crippen LogP contribution in [0.5, 0.6) is 5.75 Å². The number of hydrogen-bond donors (Lipinski definition) is 0. The molecule has 4 aromatic carbocycles. The van der Waals surface area contributed by atoms with Crippen molar-refractivity contribution in [3.05, 3.63) is 70.2 Å². The molecule has 0 bridgehead atoms. The van der Waals surface area contributed by atoms with Crippen LogP contribution in [0.1, 0.15) is 52.7 Å². The fraction of sp³-hybridized carbons (Fsp3) is 0.310. The van der Waals surface area contributed by atoms with Gasteiger partial charge >= 0.3 is 0 Å². The van der Waals surface area contributed by atoms with Crippen LogP contribution in [0.25, 0.3) is 32.7 Å². The predicted molar refractivity (Wildman–Crippen MR) is 155 cm³/mol. The molecule has 6 heteroatoms. The largest absolute Gasteiger partial charge is 0.496 e. The highest BCUT2D eigenvalue weighted by atomic mass is 79.9. The van der Waals surface area contributed by atoms with Crippen molar-refractivity contribution in [1.82, 2.24) is 0 Å². The summed E-state index contributed by atoms with van der Waals surface area (Å²) in [4.78, 5) is 0.289. The third-order valence-corrected chi connectivity index (χ3v) is 8.75. The molecule has 0 fully saturated rings. The third-order valence-electron chi connectivity index (χ3n) is 6.37. The third kappa shape index (κ3) is 4.77. The maximum absolute atomic E-state index is 13.5. The molecular formula is C29H30Br2O3S. The number of benzene rings is 4. The van der Waals surface area contributed by atoms with E-state index in [2.05, 4.69) is 63.6 Å². The van der Waals surface area contributed by atoms with Gasteiger partial charge in [0.25, 0.3) is 0 Å². The monoisotopic (exact) mass is 616 g/mol. The van der Waals surface area contributed by atoms with Gasteiger partial charge in [-0.25, -0.2) is 8.42 Å². The number of methoxy groups -OCH3 is 1. The first-order valence-electron chi connectivity index (χ1n) is 11.5. The molecule has 184 valence electrons. The second-order valence-electron chi connectivity index (χ2n) is 11.0. The molecule has 0 aliphatic heterocycles. The van der Waals surface area contributed by atoms with E-state index in [1.54, 1.807) is 7.11 Å². The molecule has 0 atom stereocenters. The van der Waals surface area contributed by atoms with E-state index in [4.69, 9.17) is 4.74 Å². The number of fused-ring (bicyclic) bond motifs is 2. The Morgan fingerprint density at radius 1 is 0.743 bits per heavy atom. The number of ether oxygens (including phenoxy) is 1. The van der Waals surface area contributed by atoms with Crippen LogP contribution < -0.4 is 4.74 Å². The predicted octanol–water partition coefficient (Wildman–Crippen LogP) is 9.11. The van der Waals surface area contributed by atoms with E-state index in [1.807, 2.05) is 63.2 Å². The minimum absolute atomic E-state index is 0.235. The summed E-state index contributed by atoms with van der Waals surface area (Å²) in [5, 5.41) is 3.81. The van der Waals surface area contributed by atoms with Gasteiger partial charge in [-0.2, -0.15) is 0 Å². The smallest absolute Gasteiger partial charge is 0.238 e. The first kappa shape index (κ1) is 26.2. The topological polar surface area (TPSA) is 43.4 Å². The lowest BCUT2D eigenvalue weighted by Gasteiger charge is -2.29. The molecule has 4 rings (SSSR count). The molecule has 4 aromatic rings. The van der Waals surface area contributed by atoms with Crippen LogP contribution in [-0.2, 0) is 19.1 Å². The average molecular weight is 618 g/mol. The summed E-state index contributed by atoms with van der Waals surface area (Å²) in [5.74, 6) is 0.695. The minimum atomic E-state index is -3.79. The van der Waals surface area contributed by atoms with E-state index in [0.717, 1.165) is 42.7 Å². The molecule has 0 unspecified atom stereocenters. The maximum atomic E-state index is 13.5. The molecule has 0 heterocycles. The Morgan fingerprint density at radius 2 is 1.31 bits per heavy atom. The van der Waals surface area contributed by atoms with Crippen molar-refractivity contribution in [3.63, 3.8) is 0 Å². The van der Waals surface area contributed by atoms with E-state index in [-0.39, 0.29) is 10.3 Å². The SMILES string of the molecule is COc1c(C(C)(C)C)cc2cc(Br)ccc2c1-c1c(S(=O)(=O)Br)c(C(C)(C)C)cc2ccccc12. The van der Waals surface area contributed by atoms with Crippen LogP contribution in [0.3, 0.4) is 0 Å². The Labute approximate surface area is 224 Å². The van der Waals surface area contributed by atoms with E-state index in [0.29, 0.717) is 11.3 Å². The molecule has 35 heavy (non-hydrogen) atoms. The Kier molecular flexibility index (Phi) is 6.65. The molecule has 0 aliphatic carbocycles. The second kappa shape index (κ2) is 8.89. The maximum Gasteiger partial charge on any atom is 0.238 e. The zero-order valence-electron chi connectivity index (χ0n) is 21.1. The highest BCUT2D eigenvalue weighted by Gasteiger charge is 2.33. The van der Waals surface area contributed by atoms with Gasteiger partial charge in [0, 0.05) is 21.2 Å². The minimum Gasteiger partial charge on any atom is -0.496 e. The molecule has 0 saturated heterocycles. The van der Waals surface area contributed by atoms with Gasteiger partial charge in [-0.05, 0) is 62.2 Å². The molecule has 0 aromatic heterocycles. The highest BCUT2D eigenvalue weighted by Crippen LogP contribution is 2.51. The van der Waals surface area contributed by atoms with E-state index in [1.165, 1.54) is 0 Å². The Hall–Kier alpha value is -1.89. The van der Waals surface area contributed by atoms with Gasteiger partial charge in [-0.1, -0.05) is 87.8 Å². The lowest BCUT2D eigenvalue weighted by Crippen LogP contribution is -2.17. The molecule has 3 nitrogen and oxygen atoms in total. The van der Waals surface area contributed by atoms with Crippen molar-refractivity contribution < 1.29 is 13.2 Å². The van der Waals surface area contributed by atoms with Crippen LogP contribution in [0.4, 0.5) is 0 Å². The van der Waals surface area contributed by atoms with Crippen LogP contribution in [0, 0.1) is 0 Å². The van der Waals surface area contributed by atoms with Crippen molar-refractivity contribution in [2.75, 3.05) is 7.11 Å². The fourth-order valence-electron chi connectivity index (χ4n) is 4.76. The summed E-state index contributed by atoms with van der Waals surface area (Å²) in [5.41, 5.74) is 2.59. The first-order chi connectivity index (χ1) is 16.1. The molecule has 0 saturated carbocycles. The highest BCUT2D eigenvalue weighted by molar-refractivity contribution is 9.47. The normalized spacial score (nSPS) is 12.9. The Bertz CT molecular complexity index is 1570. The lowest BCUT2D eigenvalue weighted by molar-refractivity contribution is 0.400. The van der Waals surface area contributed by atoms with Crippen molar-refractivity contribution in [3.8, 4) is 16.9 Å². The standard InChI is InChI=1S/C29H30Br2O3S/c1-28(2,3)22-16-18-14-19(30)12-13-21(18)24(26(22)34-7)25-20-11-9-8-10-17(20)15-23(29(4,5)6)27(25)35(31,32)33/h8-16H,1-7H3. The van der Waals surface area contributed by atoms with Crippen LogP contribution in [0.15, 0.2) is 64.0 Å². The van der Waals surface area contributed by atoms with E-state index >= 15 is 0 Å². The summed E-state index contributed by atoms with van der Waals surface area (Å²) in [6.07, 6.45) is 0. The van der Waals surface area contributed by atoms with Crippen molar-refractivity contribution in [1.29, 1.82) is 0 Å². The van der Waals surface area contributed by atoms with E-state index < -0.39 is 13.7 Å². The molecule has 0 amide bonds.